The molecule has 3 nitrogen and oxygen atoms in total. The van der Waals surface area contributed by atoms with Crippen LogP contribution in [0.5, 0.6) is 0 Å². The lowest BCUT2D eigenvalue weighted by Crippen LogP contribution is -2.18. The van der Waals surface area contributed by atoms with Gasteiger partial charge in [0.05, 0.1) is 0 Å². The average molecular weight is 233 g/mol. The number of Topliss-reactive ketones (excluding diaryl/α,β-unsaturated/α-hetero) is 1. The highest BCUT2D eigenvalue weighted by Gasteiger charge is 2.18. The molecule has 0 unspecified atom stereocenters. The number of hydrogen-bond donors (Lipinski definition) is 1. The standard InChI is InChI=1S/C14H19NO2/c15-10-12-1-3-13(4-2-12)14(16)9-11-5-7-17-8-6-11/h1-4,11H,5-10,15H2. The van der Waals surface area contributed by atoms with Crippen molar-refractivity contribution in [2.45, 2.75) is 25.8 Å². The van der Waals surface area contributed by atoms with Crippen LogP contribution in [0.15, 0.2) is 24.3 Å². The van der Waals surface area contributed by atoms with E-state index >= 15 is 0 Å². The minimum Gasteiger partial charge on any atom is -0.381 e. The Morgan fingerprint density at radius 3 is 2.47 bits per heavy atom. The minimum atomic E-state index is 0.237. The number of rotatable bonds is 4. The van der Waals surface area contributed by atoms with Crippen molar-refractivity contribution >= 4 is 5.78 Å². The van der Waals surface area contributed by atoms with E-state index in [4.69, 9.17) is 10.5 Å². The number of carbonyl (C=O) groups excluding carboxylic acids is 1. The van der Waals surface area contributed by atoms with E-state index in [0.29, 0.717) is 18.9 Å². The third kappa shape index (κ3) is 3.38. The smallest absolute Gasteiger partial charge is 0.163 e. The van der Waals surface area contributed by atoms with E-state index in [9.17, 15) is 4.79 Å². The Kier molecular flexibility index (Phi) is 4.29. The molecule has 0 atom stereocenters. The summed E-state index contributed by atoms with van der Waals surface area (Å²) in [5.74, 6) is 0.728. The minimum absolute atomic E-state index is 0.237. The average Bonchev–Trinajstić information content (AvgIpc) is 2.40. The van der Waals surface area contributed by atoms with Crippen molar-refractivity contribution < 1.29 is 9.53 Å². The summed E-state index contributed by atoms with van der Waals surface area (Å²) in [5, 5.41) is 0. The molecule has 1 saturated heterocycles. The van der Waals surface area contributed by atoms with Crippen LogP contribution in [0.1, 0.15) is 35.2 Å². The molecule has 1 aliphatic heterocycles. The first-order valence-corrected chi connectivity index (χ1v) is 6.19. The molecule has 1 aliphatic rings. The first-order valence-electron chi connectivity index (χ1n) is 6.19. The first-order chi connectivity index (χ1) is 8.29. The van der Waals surface area contributed by atoms with E-state index in [0.717, 1.165) is 37.2 Å². The molecule has 0 aliphatic carbocycles. The quantitative estimate of drug-likeness (QED) is 0.811. The number of benzene rings is 1. The number of ketones is 1. The largest absolute Gasteiger partial charge is 0.381 e. The van der Waals surface area contributed by atoms with Gasteiger partial charge >= 0.3 is 0 Å². The highest BCUT2D eigenvalue weighted by molar-refractivity contribution is 5.96. The molecule has 1 aromatic carbocycles. The van der Waals surface area contributed by atoms with Gasteiger partial charge < -0.3 is 10.5 Å². The van der Waals surface area contributed by atoms with Crippen LogP contribution in [0.25, 0.3) is 0 Å². The Hall–Kier alpha value is -1.19. The summed E-state index contributed by atoms with van der Waals surface area (Å²) in [7, 11) is 0. The van der Waals surface area contributed by atoms with Gasteiger partial charge in [0.2, 0.25) is 0 Å². The van der Waals surface area contributed by atoms with Crippen LogP contribution in [-0.4, -0.2) is 19.0 Å². The van der Waals surface area contributed by atoms with E-state index in [1.165, 1.54) is 0 Å². The van der Waals surface area contributed by atoms with Gasteiger partial charge in [-0.05, 0) is 24.3 Å². The Balaban J connectivity index is 1.93. The van der Waals surface area contributed by atoms with Gasteiger partial charge in [-0.2, -0.15) is 0 Å². The van der Waals surface area contributed by atoms with Crippen LogP contribution in [-0.2, 0) is 11.3 Å². The molecule has 1 heterocycles. The molecular weight excluding hydrogens is 214 g/mol. The molecule has 17 heavy (non-hydrogen) atoms. The fraction of sp³-hybridized carbons (Fsp3) is 0.500. The van der Waals surface area contributed by atoms with Crippen molar-refractivity contribution in [2.75, 3.05) is 13.2 Å². The fourth-order valence-electron chi connectivity index (χ4n) is 2.16. The SMILES string of the molecule is NCc1ccc(C(=O)CC2CCOCC2)cc1. The van der Waals surface area contributed by atoms with Crippen LogP contribution in [0, 0.1) is 5.92 Å². The normalized spacial score (nSPS) is 17.0. The molecule has 2 rings (SSSR count). The lowest BCUT2D eigenvalue weighted by Gasteiger charge is -2.21. The van der Waals surface area contributed by atoms with Gasteiger partial charge in [0, 0.05) is 31.7 Å². The third-order valence-electron chi connectivity index (χ3n) is 3.33. The predicted molar refractivity (Wildman–Crippen MR) is 66.8 cm³/mol. The van der Waals surface area contributed by atoms with Crippen molar-refractivity contribution in [3.8, 4) is 0 Å². The molecule has 0 saturated carbocycles. The molecule has 92 valence electrons. The molecule has 3 heteroatoms. The van der Waals surface area contributed by atoms with Crippen LogP contribution in [0.4, 0.5) is 0 Å². The zero-order valence-corrected chi connectivity index (χ0v) is 10.0. The molecule has 1 fully saturated rings. The second kappa shape index (κ2) is 5.94. The van der Waals surface area contributed by atoms with Crippen LogP contribution >= 0.6 is 0 Å². The highest BCUT2D eigenvalue weighted by Crippen LogP contribution is 2.20. The zero-order chi connectivity index (χ0) is 12.1. The monoisotopic (exact) mass is 233 g/mol. The van der Waals surface area contributed by atoms with E-state index < -0.39 is 0 Å². The van der Waals surface area contributed by atoms with Crippen molar-refractivity contribution in [1.82, 2.24) is 0 Å². The molecule has 1 aromatic rings. The van der Waals surface area contributed by atoms with Gasteiger partial charge in [-0.1, -0.05) is 24.3 Å². The maximum Gasteiger partial charge on any atom is 0.163 e. The summed E-state index contributed by atoms with van der Waals surface area (Å²) < 4.78 is 5.29. The van der Waals surface area contributed by atoms with Crippen molar-refractivity contribution in [2.24, 2.45) is 11.7 Å². The molecule has 0 radical (unpaired) electrons. The second-order valence-corrected chi connectivity index (χ2v) is 4.58. The Morgan fingerprint density at radius 1 is 1.24 bits per heavy atom. The van der Waals surface area contributed by atoms with Crippen molar-refractivity contribution in [1.29, 1.82) is 0 Å². The van der Waals surface area contributed by atoms with E-state index in [2.05, 4.69) is 0 Å². The summed E-state index contributed by atoms with van der Waals surface area (Å²) in [6.07, 6.45) is 2.66. The van der Waals surface area contributed by atoms with Crippen molar-refractivity contribution in [3.05, 3.63) is 35.4 Å². The molecule has 0 spiro atoms. The Bertz CT molecular complexity index is 366. The fourth-order valence-corrected chi connectivity index (χ4v) is 2.16. The van der Waals surface area contributed by atoms with E-state index in [-0.39, 0.29) is 5.78 Å². The Morgan fingerprint density at radius 2 is 1.88 bits per heavy atom. The number of ether oxygens (including phenoxy) is 1. The van der Waals surface area contributed by atoms with E-state index in [1.54, 1.807) is 0 Å². The number of hydrogen-bond acceptors (Lipinski definition) is 3. The lowest BCUT2D eigenvalue weighted by molar-refractivity contribution is 0.0601. The van der Waals surface area contributed by atoms with Crippen LogP contribution < -0.4 is 5.73 Å². The summed E-state index contributed by atoms with van der Waals surface area (Å²) in [6, 6.07) is 7.61. The molecule has 0 bridgehead atoms. The predicted octanol–water partition coefficient (Wildman–Crippen LogP) is 2.14. The van der Waals surface area contributed by atoms with Gasteiger partial charge in [-0.15, -0.1) is 0 Å². The van der Waals surface area contributed by atoms with Crippen LogP contribution in [0.2, 0.25) is 0 Å². The maximum absolute atomic E-state index is 12.0. The highest BCUT2D eigenvalue weighted by atomic mass is 16.5. The zero-order valence-electron chi connectivity index (χ0n) is 10.0. The molecule has 2 N–H and O–H groups in total. The van der Waals surface area contributed by atoms with Crippen molar-refractivity contribution in [3.63, 3.8) is 0 Å². The second-order valence-electron chi connectivity index (χ2n) is 4.58. The van der Waals surface area contributed by atoms with E-state index in [1.807, 2.05) is 24.3 Å². The topological polar surface area (TPSA) is 52.3 Å². The van der Waals surface area contributed by atoms with Gasteiger partial charge in [-0.25, -0.2) is 0 Å². The van der Waals surface area contributed by atoms with Gasteiger partial charge in [-0.3, -0.25) is 4.79 Å². The summed E-state index contributed by atoms with van der Waals surface area (Å²) in [6.45, 7) is 2.11. The summed E-state index contributed by atoms with van der Waals surface area (Å²) in [5.41, 5.74) is 7.39. The summed E-state index contributed by atoms with van der Waals surface area (Å²) in [4.78, 5) is 12.0. The number of nitrogens with two attached hydrogens (primary N) is 1. The van der Waals surface area contributed by atoms with Gasteiger partial charge in [0.1, 0.15) is 0 Å². The van der Waals surface area contributed by atoms with Gasteiger partial charge in [0.15, 0.2) is 5.78 Å². The molecule has 0 aromatic heterocycles. The maximum atomic E-state index is 12.0. The summed E-state index contributed by atoms with van der Waals surface area (Å²) >= 11 is 0. The van der Waals surface area contributed by atoms with Crippen LogP contribution in [0.3, 0.4) is 0 Å². The van der Waals surface area contributed by atoms with Gasteiger partial charge in [0.25, 0.3) is 0 Å². The molecule has 0 amide bonds. The third-order valence-corrected chi connectivity index (χ3v) is 3.33. The Labute approximate surface area is 102 Å². The lowest BCUT2D eigenvalue weighted by atomic mass is 9.92. The first kappa shape index (κ1) is 12.3. The molecular formula is C14H19NO2. The number of carbonyl (C=O) groups is 1.